The molecule has 0 amide bonds. The Morgan fingerprint density at radius 1 is 1.60 bits per heavy atom. The molecule has 2 heteroatoms. The van der Waals surface area contributed by atoms with Gasteiger partial charge in [0.1, 0.15) is 0 Å². The van der Waals surface area contributed by atoms with Crippen LogP contribution in [-0.2, 0) is 0 Å². The van der Waals surface area contributed by atoms with Gasteiger partial charge in [-0.2, -0.15) is 0 Å². The lowest BCUT2D eigenvalue weighted by molar-refractivity contribution is 0.818. The second kappa shape index (κ2) is 6.33. The van der Waals surface area contributed by atoms with Gasteiger partial charge in [-0.05, 0) is 12.5 Å². The van der Waals surface area contributed by atoms with Crippen molar-refractivity contribution in [2.45, 2.75) is 19.8 Å². The number of nitrogens with zero attached hydrogens (tertiary/aromatic N) is 1. The van der Waals surface area contributed by atoms with E-state index in [0.717, 1.165) is 6.42 Å². The number of hydrogen-bond acceptors (Lipinski definition) is 2. The molecule has 0 radical (unpaired) electrons. The van der Waals surface area contributed by atoms with Gasteiger partial charge in [0.05, 0.1) is 0 Å². The van der Waals surface area contributed by atoms with Crippen molar-refractivity contribution < 1.29 is 0 Å². The van der Waals surface area contributed by atoms with Crippen LogP contribution >= 0.6 is 0 Å². The quantitative estimate of drug-likeness (QED) is 0.589. The minimum atomic E-state index is 1.10. The van der Waals surface area contributed by atoms with Gasteiger partial charge in [-0.25, -0.2) is 0 Å². The molecule has 0 aromatic rings. The van der Waals surface area contributed by atoms with Gasteiger partial charge >= 0.3 is 0 Å². The van der Waals surface area contributed by atoms with Crippen LogP contribution in [-0.4, -0.2) is 20.3 Å². The van der Waals surface area contributed by atoms with Crippen molar-refractivity contribution in [1.82, 2.24) is 5.32 Å². The van der Waals surface area contributed by atoms with Crippen molar-refractivity contribution in [3.05, 3.63) is 11.8 Å². The fraction of sp³-hybridized carbons (Fsp3) is 0.625. The van der Waals surface area contributed by atoms with E-state index >= 15 is 0 Å². The standard InChI is InChI=1S/C8H16N2/c1-4-5-8(10-3)6-7-9-2/h6-7,10H,4-5H2,1-3H3. The molecule has 0 spiro atoms. The van der Waals surface area contributed by atoms with Gasteiger partial charge in [0.15, 0.2) is 0 Å². The van der Waals surface area contributed by atoms with Crippen LogP contribution in [0.3, 0.4) is 0 Å². The molecule has 0 heterocycles. The topological polar surface area (TPSA) is 24.4 Å². The molecule has 10 heavy (non-hydrogen) atoms. The maximum Gasteiger partial charge on any atom is 0.0277 e. The van der Waals surface area contributed by atoms with Crippen molar-refractivity contribution in [2.24, 2.45) is 4.99 Å². The first-order valence-electron chi connectivity index (χ1n) is 3.64. The summed E-state index contributed by atoms with van der Waals surface area (Å²) in [5, 5.41) is 3.11. The van der Waals surface area contributed by atoms with Gasteiger partial charge < -0.3 is 5.32 Å². The van der Waals surface area contributed by atoms with Crippen LogP contribution in [0, 0.1) is 0 Å². The molecule has 0 atom stereocenters. The smallest absolute Gasteiger partial charge is 0.0277 e. The molecule has 0 saturated carbocycles. The first-order valence-corrected chi connectivity index (χ1v) is 3.64. The van der Waals surface area contributed by atoms with Crippen LogP contribution in [0.2, 0.25) is 0 Å². The predicted molar refractivity (Wildman–Crippen MR) is 46.5 cm³/mol. The molecule has 1 N–H and O–H groups in total. The summed E-state index contributed by atoms with van der Waals surface area (Å²) in [5.41, 5.74) is 1.24. The summed E-state index contributed by atoms with van der Waals surface area (Å²) in [6, 6.07) is 0. The Morgan fingerprint density at radius 3 is 2.70 bits per heavy atom. The van der Waals surface area contributed by atoms with E-state index in [-0.39, 0.29) is 0 Å². The summed E-state index contributed by atoms with van der Waals surface area (Å²) < 4.78 is 0. The van der Waals surface area contributed by atoms with Crippen molar-refractivity contribution >= 4 is 6.21 Å². The van der Waals surface area contributed by atoms with Gasteiger partial charge in [-0.3, -0.25) is 4.99 Å². The fourth-order valence-electron chi connectivity index (χ4n) is 0.726. The molecule has 2 nitrogen and oxygen atoms in total. The van der Waals surface area contributed by atoms with E-state index in [4.69, 9.17) is 0 Å². The first-order chi connectivity index (χ1) is 4.85. The van der Waals surface area contributed by atoms with Crippen molar-refractivity contribution in [3.8, 4) is 0 Å². The Morgan fingerprint density at radius 2 is 2.30 bits per heavy atom. The van der Waals surface area contributed by atoms with E-state index < -0.39 is 0 Å². The number of allylic oxidation sites excluding steroid dienone is 2. The number of aliphatic imine (C=N–C) groups is 1. The van der Waals surface area contributed by atoms with Crippen molar-refractivity contribution in [1.29, 1.82) is 0 Å². The Kier molecular flexibility index (Phi) is 5.83. The van der Waals surface area contributed by atoms with Crippen LogP contribution in [0.5, 0.6) is 0 Å². The molecule has 0 aliphatic heterocycles. The molecule has 0 aliphatic rings. The maximum absolute atomic E-state index is 3.86. The SMILES string of the molecule is CCCC(=CC=NC)NC. The zero-order chi connectivity index (χ0) is 7.82. The monoisotopic (exact) mass is 140 g/mol. The average molecular weight is 140 g/mol. The van der Waals surface area contributed by atoms with E-state index in [0.29, 0.717) is 0 Å². The average Bonchev–Trinajstić information content (AvgIpc) is 1.98. The molecule has 0 saturated heterocycles. The number of rotatable bonds is 4. The number of hydrogen-bond donors (Lipinski definition) is 1. The Labute approximate surface area is 63.0 Å². The second-order valence-corrected chi connectivity index (χ2v) is 2.10. The molecule has 0 aromatic carbocycles. The van der Waals surface area contributed by atoms with Crippen molar-refractivity contribution in [2.75, 3.05) is 14.1 Å². The molecule has 0 aromatic heterocycles. The Hall–Kier alpha value is -0.790. The molecule has 0 bridgehead atoms. The van der Waals surface area contributed by atoms with Gasteiger partial charge in [0.25, 0.3) is 0 Å². The van der Waals surface area contributed by atoms with Crippen LogP contribution in [0.4, 0.5) is 0 Å². The molecule has 0 rings (SSSR count). The summed E-state index contributed by atoms with van der Waals surface area (Å²) in [4.78, 5) is 3.86. The normalized spacial score (nSPS) is 12.5. The lowest BCUT2D eigenvalue weighted by Gasteiger charge is -2.01. The zero-order valence-electron chi connectivity index (χ0n) is 7.02. The fourth-order valence-corrected chi connectivity index (χ4v) is 0.726. The van der Waals surface area contributed by atoms with Crippen LogP contribution < -0.4 is 5.32 Å². The van der Waals surface area contributed by atoms with Gasteiger partial charge in [-0.15, -0.1) is 0 Å². The zero-order valence-corrected chi connectivity index (χ0v) is 7.02. The Bertz CT molecular complexity index is 125. The summed E-state index contributed by atoms with van der Waals surface area (Å²) in [6.07, 6.45) is 6.08. The predicted octanol–water partition coefficient (Wildman–Crippen LogP) is 1.59. The largest absolute Gasteiger partial charge is 0.391 e. The van der Waals surface area contributed by atoms with E-state index in [9.17, 15) is 0 Å². The van der Waals surface area contributed by atoms with Crippen LogP contribution in [0.1, 0.15) is 19.8 Å². The minimum absolute atomic E-state index is 1.10. The second-order valence-electron chi connectivity index (χ2n) is 2.10. The Balaban J connectivity index is 3.78. The number of nitrogens with one attached hydrogen (secondary N) is 1. The lowest BCUT2D eigenvalue weighted by Crippen LogP contribution is -2.05. The minimum Gasteiger partial charge on any atom is -0.391 e. The van der Waals surface area contributed by atoms with Crippen molar-refractivity contribution in [3.63, 3.8) is 0 Å². The highest BCUT2D eigenvalue weighted by Gasteiger charge is 1.87. The lowest BCUT2D eigenvalue weighted by atomic mass is 10.2. The van der Waals surface area contributed by atoms with Gasteiger partial charge in [0.2, 0.25) is 0 Å². The van der Waals surface area contributed by atoms with Crippen LogP contribution in [0.15, 0.2) is 16.8 Å². The van der Waals surface area contributed by atoms with E-state index in [2.05, 4.69) is 17.2 Å². The third kappa shape index (κ3) is 4.13. The summed E-state index contributed by atoms with van der Waals surface area (Å²) in [6.45, 7) is 2.16. The molecule has 0 fully saturated rings. The van der Waals surface area contributed by atoms with Crippen LogP contribution in [0.25, 0.3) is 0 Å². The van der Waals surface area contributed by atoms with E-state index in [1.807, 2.05) is 19.3 Å². The van der Waals surface area contributed by atoms with E-state index in [1.54, 1.807) is 7.05 Å². The molecule has 0 aliphatic carbocycles. The highest BCUT2D eigenvalue weighted by molar-refractivity contribution is 5.71. The first kappa shape index (κ1) is 9.21. The summed E-state index contributed by atoms with van der Waals surface area (Å²) >= 11 is 0. The molecule has 0 unspecified atom stereocenters. The highest BCUT2D eigenvalue weighted by Crippen LogP contribution is 1.97. The molecular weight excluding hydrogens is 124 g/mol. The maximum atomic E-state index is 3.86. The third-order valence-electron chi connectivity index (χ3n) is 1.27. The van der Waals surface area contributed by atoms with E-state index in [1.165, 1.54) is 12.1 Å². The summed E-state index contributed by atoms with van der Waals surface area (Å²) in [7, 11) is 3.71. The molecule has 58 valence electrons. The third-order valence-corrected chi connectivity index (χ3v) is 1.27. The van der Waals surface area contributed by atoms with Gasteiger partial charge in [-0.1, -0.05) is 13.3 Å². The highest BCUT2D eigenvalue weighted by atomic mass is 14.8. The molecular formula is C8H16N2. The summed E-state index contributed by atoms with van der Waals surface area (Å²) in [5.74, 6) is 0. The van der Waals surface area contributed by atoms with Gasteiger partial charge in [0, 0.05) is 26.0 Å².